The molecule has 104 valence electrons. The van der Waals surface area contributed by atoms with E-state index in [0.717, 1.165) is 35.1 Å². The van der Waals surface area contributed by atoms with Crippen molar-refractivity contribution >= 4 is 21.8 Å². The molecule has 1 heterocycles. The lowest BCUT2D eigenvalue weighted by Crippen LogP contribution is -2.47. The third-order valence-corrected chi connectivity index (χ3v) is 4.43. The highest BCUT2D eigenvalue weighted by Crippen LogP contribution is 2.22. The Morgan fingerprint density at radius 2 is 2.16 bits per heavy atom. The maximum absolute atomic E-state index is 12.6. The first kappa shape index (κ1) is 14.5. The smallest absolute Gasteiger partial charge is 0.255 e. The highest BCUT2D eigenvalue weighted by atomic mass is 79.9. The van der Waals surface area contributed by atoms with E-state index < -0.39 is 0 Å². The van der Waals surface area contributed by atoms with Crippen LogP contribution in [0.3, 0.4) is 0 Å². The molecule has 0 spiro atoms. The number of benzene rings is 1. The number of halogens is 1. The van der Waals surface area contributed by atoms with Gasteiger partial charge in [0.1, 0.15) is 0 Å². The van der Waals surface area contributed by atoms with Gasteiger partial charge in [0.15, 0.2) is 0 Å². The van der Waals surface area contributed by atoms with E-state index in [1.807, 2.05) is 30.0 Å². The van der Waals surface area contributed by atoms with E-state index >= 15 is 0 Å². The number of carbonyl (C=O) groups is 1. The Morgan fingerprint density at radius 1 is 1.42 bits per heavy atom. The molecule has 4 heteroatoms. The fourth-order valence-corrected chi connectivity index (χ4v) is 3.19. The number of carbonyl (C=O) groups excluding carboxylic acids is 1. The van der Waals surface area contributed by atoms with Gasteiger partial charge in [-0.05, 0) is 67.5 Å². The van der Waals surface area contributed by atoms with Crippen LogP contribution in [-0.4, -0.2) is 48.9 Å². The average molecular weight is 325 g/mol. The molecule has 1 saturated heterocycles. The van der Waals surface area contributed by atoms with Crippen LogP contribution in [-0.2, 0) is 0 Å². The van der Waals surface area contributed by atoms with Crippen LogP contribution in [0.15, 0.2) is 22.7 Å². The van der Waals surface area contributed by atoms with Gasteiger partial charge in [0.2, 0.25) is 0 Å². The zero-order chi connectivity index (χ0) is 14.0. The maximum Gasteiger partial charge on any atom is 0.255 e. The van der Waals surface area contributed by atoms with Crippen LogP contribution < -0.4 is 0 Å². The lowest BCUT2D eigenvalue weighted by Gasteiger charge is -2.36. The third kappa shape index (κ3) is 3.37. The van der Waals surface area contributed by atoms with E-state index in [4.69, 9.17) is 0 Å². The summed E-state index contributed by atoms with van der Waals surface area (Å²) in [5.41, 5.74) is 1.93. The molecule has 0 saturated carbocycles. The van der Waals surface area contributed by atoms with Crippen molar-refractivity contribution in [2.45, 2.75) is 25.8 Å². The number of likely N-dealkylation sites (N-methyl/N-ethyl adjacent to an activating group) is 1. The van der Waals surface area contributed by atoms with Crippen molar-refractivity contribution in [3.8, 4) is 0 Å². The average Bonchev–Trinajstić information content (AvgIpc) is 2.38. The number of hydrogen-bond acceptors (Lipinski definition) is 2. The molecule has 1 aliphatic heterocycles. The number of hydrogen-bond donors (Lipinski definition) is 0. The van der Waals surface area contributed by atoms with E-state index in [9.17, 15) is 4.79 Å². The molecule has 2 rings (SSSR count). The van der Waals surface area contributed by atoms with Crippen LogP contribution in [0.4, 0.5) is 0 Å². The number of piperidine rings is 1. The van der Waals surface area contributed by atoms with E-state index in [2.05, 4.69) is 34.9 Å². The quantitative estimate of drug-likeness (QED) is 0.835. The van der Waals surface area contributed by atoms with Gasteiger partial charge in [0.05, 0.1) is 5.56 Å². The van der Waals surface area contributed by atoms with Crippen LogP contribution in [0.25, 0.3) is 0 Å². The molecular formula is C15H21BrN2O. The Labute approximate surface area is 123 Å². The van der Waals surface area contributed by atoms with Crippen molar-refractivity contribution < 1.29 is 4.79 Å². The third-order valence-electron chi connectivity index (χ3n) is 3.77. The molecule has 1 unspecified atom stereocenters. The molecule has 1 atom stereocenters. The first-order valence-corrected chi connectivity index (χ1v) is 7.50. The first-order chi connectivity index (χ1) is 8.99. The fourth-order valence-electron chi connectivity index (χ4n) is 2.52. The Balaban J connectivity index is 2.15. The summed E-state index contributed by atoms with van der Waals surface area (Å²) in [5.74, 6) is 0.137. The van der Waals surface area contributed by atoms with Gasteiger partial charge in [-0.25, -0.2) is 0 Å². The minimum absolute atomic E-state index is 0.137. The number of likely N-dealkylation sites (tertiary alicyclic amines) is 1. The lowest BCUT2D eigenvalue weighted by atomic mass is 10.0. The zero-order valence-corrected chi connectivity index (χ0v) is 13.4. The molecule has 0 N–H and O–H groups in total. The standard InChI is InChI=1S/C15H21BrN2O/c1-11-6-7-13(14(16)9-11)15(19)18-8-4-5-12(10-18)17(2)3/h6-7,9,12H,4-5,8,10H2,1-3H3. The van der Waals surface area contributed by atoms with Gasteiger partial charge in [-0.3, -0.25) is 4.79 Å². The largest absolute Gasteiger partial charge is 0.337 e. The number of rotatable bonds is 2. The molecule has 0 radical (unpaired) electrons. The monoisotopic (exact) mass is 324 g/mol. The molecule has 3 nitrogen and oxygen atoms in total. The lowest BCUT2D eigenvalue weighted by molar-refractivity contribution is 0.0634. The zero-order valence-electron chi connectivity index (χ0n) is 11.8. The van der Waals surface area contributed by atoms with Crippen molar-refractivity contribution in [2.24, 2.45) is 0 Å². The molecule has 19 heavy (non-hydrogen) atoms. The van der Waals surface area contributed by atoms with Gasteiger partial charge in [0.25, 0.3) is 5.91 Å². The van der Waals surface area contributed by atoms with Crippen LogP contribution in [0, 0.1) is 6.92 Å². The summed E-state index contributed by atoms with van der Waals surface area (Å²) in [6.07, 6.45) is 2.25. The summed E-state index contributed by atoms with van der Waals surface area (Å²) in [7, 11) is 4.17. The predicted molar refractivity (Wildman–Crippen MR) is 81.5 cm³/mol. The first-order valence-electron chi connectivity index (χ1n) is 6.71. The van der Waals surface area contributed by atoms with Crippen molar-refractivity contribution in [1.29, 1.82) is 0 Å². The van der Waals surface area contributed by atoms with Crippen molar-refractivity contribution in [3.05, 3.63) is 33.8 Å². The number of nitrogens with zero attached hydrogens (tertiary/aromatic N) is 2. The second-order valence-corrected chi connectivity index (χ2v) is 6.35. The van der Waals surface area contributed by atoms with Gasteiger partial charge < -0.3 is 9.80 Å². The molecular weight excluding hydrogens is 304 g/mol. The normalized spacial score (nSPS) is 19.8. The summed E-state index contributed by atoms with van der Waals surface area (Å²) in [6, 6.07) is 6.38. The van der Waals surface area contributed by atoms with Gasteiger partial charge in [-0.1, -0.05) is 6.07 Å². The van der Waals surface area contributed by atoms with E-state index in [-0.39, 0.29) is 5.91 Å². The summed E-state index contributed by atoms with van der Waals surface area (Å²) >= 11 is 3.50. The van der Waals surface area contributed by atoms with Crippen LogP contribution >= 0.6 is 15.9 Å². The molecule has 0 bridgehead atoms. The number of amides is 1. The van der Waals surface area contributed by atoms with Crippen LogP contribution in [0.1, 0.15) is 28.8 Å². The van der Waals surface area contributed by atoms with Gasteiger partial charge in [-0.15, -0.1) is 0 Å². The minimum atomic E-state index is 0.137. The van der Waals surface area contributed by atoms with Crippen molar-refractivity contribution in [2.75, 3.05) is 27.2 Å². The molecule has 1 aromatic rings. The van der Waals surface area contributed by atoms with Crippen LogP contribution in [0.2, 0.25) is 0 Å². The Morgan fingerprint density at radius 3 is 2.79 bits per heavy atom. The SMILES string of the molecule is Cc1ccc(C(=O)N2CCCC(N(C)C)C2)c(Br)c1. The minimum Gasteiger partial charge on any atom is -0.337 e. The molecule has 1 aromatic carbocycles. The molecule has 0 aliphatic carbocycles. The highest BCUT2D eigenvalue weighted by molar-refractivity contribution is 9.10. The van der Waals surface area contributed by atoms with E-state index in [1.165, 1.54) is 6.42 Å². The molecule has 1 amide bonds. The second-order valence-electron chi connectivity index (χ2n) is 5.49. The van der Waals surface area contributed by atoms with Gasteiger partial charge >= 0.3 is 0 Å². The number of aryl methyl sites for hydroxylation is 1. The predicted octanol–water partition coefficient (Wildman–Crippen LogP) is 2.92. The van der Waals surface area contributed by atoms with Crippen LogP contribution in [0.5, 0.6) is 0 Å². The molecule has 0 aromatic heterocycles. The summed E-state index contributed by atoms with van der Waals surface area (Å²) in [4.78, 5) is 16.8. The summed E-state index contributed by atoms with van der Waals surface area (Å²) in [5, 5.41) is 0. The second kappa shape index (κ2) is 6.06. The molecule has 1 fully saturated rings. The fraction of sp³-hybridized carbons (Fsp3) is 0.533. The van der Waals surface area contributed by atoms with E-state index in [1.54, 1.807) is 0 Å². The Bertz CT molecular complexity index is 473. The topological polar surface area (TPSA) is 23.6 Å². The maximum atomic E-state index is 12.6. The van der Waals surface area contributed by atoms with Crippen molar-refractivity contribution in [1.82, 2.24) is 9.80 Å². The van der Waals surface area contributed by atoms with Gasteiger partial charge in [0, 0.05) is 23.6 Å². The van der Waals surface area contributed by atoms with E-state index in [0.29, 0.717) is 6.04 Å². The molecule has 1 aliphatic rings. The highest BCUT2D eigenvalue weighted by Gasteiger charge is 2.26. The summed E-state index contributed by atoms with van der Waals surface area (Å²) < 4.78 is 0.893. The van der Waals surface area contributed by atoms with Gasteiger partial charge in [-0.2, -0.15) is 0 Å². The summed E-state index contributed by atoms with van der Waals surface area (Å²) in [6.45, 7) is 3.72. The van der Waals surface area contributed by atoms with Crippen molar-refractivity contribution in [3.63, 3.8) is 0 Å². The Hall–Kier alpha value is -0.870. The Kier molecular flexibility index (Phi) is 4.63.